The first kappa shape index (κ1) is 11.5. The van der Waals surface area contributed by atoms with Gasteiger partial charge in [0.05, 0.1) is 13.7 Å². The van der Waals surface area contributed by atoms with Crippen LogP contribution in [0.1, 0.15) is 5.56 Å². The van der Waals surface area contributed by atoms with Gasteiger partial charge < -0.3 is 14.4 Å². The SMILES string of the molecule is C=CC(=O)N1CCOc2ccc(OC)cc2C1. The molecule has 0 unspecified atom stereocenters. The maximum absolute atomic E-state index is 11.6. The quantitative estimate of drug-likeness (QED) is 0.728. The first-order valence-electron chi connectivity index (χ1n) is 5.45. The fraction of sp³-hybridized carbons (Fsp3) is 0.308. The molecule has 0 N–H and O–H groups in total. The minimum absolute atomic E-state index is 0.0794. The van der Waals surface area contributed by atoms with E-state index in [1.807, 2.05) is 18.2 Å². The van der Waals surface area contributed by atoms with E-state index in [1.54, 1.807) is 12.0 Å². The van der Waals surface area contributed by atoms with Crippen LogP contribution in [0.3, 0.4) is 0 Å². The van der Waals surface area contributed by atoms with E-state index < -0.39 is 0 Å². The molecule has 4 heteroatoms. The molecule has 2 rings (SSSR count). The second-order valence-corrected chi connectivity index (χ2v) is 3.79. The van der Waals surface area contributed by atoms with E-state index >= 15 is 0 Å². The van der Waals surface area contributed by atoms with Gasteiger partial charge in [0.1, 0.15) is 18.1 Å². The Kier molecular flexibility index (Phi) is 3.32. The Labute approximate surface area is 100 Å². The first-order chi connectivity index (χ1) is 8.24. The van der Waals surface area contributed by atoms with Crippen molar-refractivity contribution in [2.45, 2.75) is 6.54 Å². The van der Waals surface area contributed by atoms with Crippen molar-refractivity contribution >= 4 is 5.91 Å². The van der Waals surface area contributed by atoms with E-state index in [0.717, 1.165) is 17.1 Å². The highest BCUT2D eigenvalue weighted by Crippen LogP contribution is 2.27. The van der Waals surface area contributed by atoms with Crippen molar-refractivity contribution in [1.29, 1.82) is 0 Å². The van der Waals surface area contributed by atoms with Gasteiger partial charge in [0.2, 0.25) is 5.91 Å². The lowest BCUT2D eigenvalue weighted by Gasteiger charge is -2.17. The highest BCUT2D eigenvalue weighted by molar-refractivity contribution is 5.87. The molecular weight excluding hydrogens is 218 g/mol. The molecular formula is C13H15NO3. The number of ether oxygens (including phenoxy) is 2. The largest absolute Gasteiger partial charge is 0.497 e. The molecule has 0 atom stereocenters. The van der Waals surface area contributed by atoms with Crippen LogP contribution in [0.15, 0.2) is 30.9 Å². The number of benzene rings is 1. The number of nitrogens with zero attached hydrogens (tertiary/aromatic N) is 1. The molecule has 90 valence electrons. The molecule has 0 radical (unpaired) electrons. The average molecular weight is 233 g/mol. The number of hydrogen-bond acceptors (Lipinski definition) is 3. The van der Waals surface area contributed by atoms with Crippen molar-refractivity contribution in [3.05, 3.63) is 36.4 Å². The predicted molar refractivity (Wildman–Crippen MR) is 64.1 cm³/mol. The normalized spacial score (nSPS) is 14.3. The highest BCUT2D eigenvalue weighted by Gasteiger charge is 2.18. The molecule has 17 heavy (non-hydrogen) atoms. The lowest BCUT2D eigenvalue weighted by atomic mass is 10.2. The van der Waals surface area contributed by atoms with Crippen LogP contribution in [0.5, 0.6) is 11.5 Å². The Hall–Kier alpha value is -1.97. The van der Waals surface area contributed by atoms with Crippen molar-refractivity contribution in [2.75, 3.05) is 20.3 Å². The van der Waals surface area contributed by atoms with Crippen molar-refractivity contribution in [1.82, 2.24) is 4.90 Å². The summed E-state index contributed by atoms with van der Waals surface area (Å²) < 4.78 is 10.8. The third-order valence-electron chi connectivity index (χ3n) is 2.73. The Balaban J connectivity index is 2.28. The van der Waals surface area contributed by atoms with Crippen LogP contribution < -0.4 is 9.47 Å². The standard InChI is InChI=1S/C13H15NO3/c1-3-13(15)14-6-7-17-12-5-4-11(16-2)8-10(12)9-14/h3-5,8H,1,6-7,9H2,2H3. The molecule has 0 saturated carbocycles. The summed E-state index contributed by atoms with van der Waals surface area (Å²) in [5.74, 6) is 1.50. The van der Waals surface area contributed by atoms with Crippen LogP contribution in [-0.2, 0) is 11.3 Å². The molecule has 0 fully saturated rings. The molecule has 1 aromatic rings. The number of hydrogen-bond donors (Lipinski definition) is 0. The van der Waals surface area contributed by atoms with Crippen LogP contribution in [0, 0.1) is 0 Å². The van der Waals surface area contributed by atoms with Gasteiger partial charge in [-0.2, -0.15) is 0 Å². The summed E-state index contributed by atoms with van der Waals surface area (Å²) in [6.45, 7) is 5.09. The topological polar surface area (TPSA) is 38.8 Å². The third kappa shape index (κ3) is 2.41. The summed E-state index contributed by atoms with van der Waals surface area (Å²) in [4.78, 5) is 13.3. The smallest absolute Gasteiger partial charge is 0.246 e. The number of carbonyl (C=O) groups excluding carboxylic acids is 1. The predicted octanol–water partition coefficient (Wildman–Crippen LogP) is 1.60. The van der Waals surface area contributed by atoms with Crippen LogP contribution in [-0.4, -0.2) is 31.1 Å². The van der Waals surface area contributed by atoms with Crippen LogP contribution >= 0.6 is 0 Å². The zero-order valence-corrected chi connectivity index (χ0v) is 9.81. The molecule has 0 aliphatic carbocycles. The minimum Gasteiger partial charge on any atom is -0.497 e. The third-order valence-corrected chi connectivity index (χ3v) is 2.73. The summed E-state index contributed by atoms with van der Waals surface area (Å²) >= 11 is 0. The number of fused-ring (bicyclic) bond motifs is 1. The number of carbonyl (C=O) groups is 1. The van der Waals surface area contributed by atoms with Crippen LogP contribution in [0.2, 0.25) is 0 Å². The second kappa shape index (κ2) is 4.91. The molecule has 1 aromatic carbocycles. The molecule has 0 bridgehead atoms. The van der Waals surface area contributed by atoms with Gasteiger partial charge in [-0.15, -0.1) is 0 Å². The summed E-state index contributed by atoms with van der Waals surface area (Å²) in [5.41, 5.74) is 0.956. The Morgan fingerprint density at radius 3 is 3.12 bits per heavy atom. The van der Waals surface area contributed by atoms with Crippen molar-refractivity contribution in [3.63, 3.8) is 0 Å². The molecule has 1 amide bonds. The summed E-state index contributed by atoms with van der Waals surface area (Å²) in [7, 11) is 1.62. The van der Waals surface area contributed by atoms with E-state index in [9.17, 15) is 4.79 Å². The number of rotatable bonds is 2. The number of methoxy groups -OCH3 is 1. The van der Waals surface area contributed by atoms with E-state index in [4.69, 9.17) is 9.47 Å². The summed E-state index contributed by atoms with van der Waals surface area (Å²) in [5, 5.41) is 0. The fourth-order valence-corrected chi connectivity index (χ4v) is 1.81. The number of amides is 1. The van der Waals surface area contributed by atoms with Gasteiger partial charge in [0.25, 0.3) is 0 Å². The zero-order valence-electron chi connectivity index (χ0n) is 9.81. The van der Waals surface area contributed by atoms with E-state index in [1.165, 1.54) is 6.08 Å². The van der Waals surface area contributed by atoms with Gasteiger partial charge in [-0.25, -0.2) is 0 Å². The lowest BCUT2D eigenvalue weighted by Crippen LogP contribution is -2.30. The Morgan fingerprint density at radius 2 is 2.41 bits per heavy atom. The van der Waals surface area contributed by atoms with Crippen LogP contribution in [0.4, 0.5) is 0 Å². The molecule has 1 aliphatic rings. The maximum atomic E-state index is 11.6. The maximum Gasteiger partial charge on any atom is 0.246 e. The van der Waals surface area contributed by atoms with Crippen LogP contribution in [0.25, 0.3) is 0 Å². The van der Waals surface area contributed by atoms with Crippen molar-refractivity contribution < 1.29 is 14.3 Å². The fourth-order valence-electron chi connectivity index (χ4n) is 1.81. The first-order valence-corrected chi connectivity index (χ1v) is 5.45. The van der Waals surface area contributed by atoms with Gasteiger partial charge in [-0.1, -0.05) is 6.58 Å². The highest BCUT2D eigenvalue weighted by atomic mass is 16.5. The molecule has 1 aliphatic heterocycles. The van der Waals surface area contributed by atoms with Gasteiger partial charge in [0.15, 0.2) is 0 Å². The molecule has 4 nitrogen and oxygen atoms in total. The van der Waals surface area contributed by atoms with E-state index in [0.29, 0.717) is 19.7 Å². The summed E-state index contributed by atoms with van der Waals surface area (Å²) in [6.07, 6.45) is 1.32. The average Bonchev–Trinajstić information content (AvgIpc) is 2.58. The lowest BCUT2D eigenvalue weighted by molar-refractivity contribution is -0.126. The Morgan fingerprint density at radius 1 is 1.59 bits per heavy atom. The van der Waals surface area contributed by atoms with Crippen molar-refractivity contribution in [3.8, 4) is 11.5 Å². The molecule has 0 aromatic heterocycles. The monoisotopic (exact) mass is 233 g/mol. The second-order valence-electron chi connectivity index (χ2n) is 3.79. The van der Waals surface area contributed by atoms with E-state index in [-0.39, 0.29) is 5.91 Å². The van der Waals surface area contributed by atoms with Gasteiger partial charge in [-0.05, 0) is 24.3 Å². The molecule has 0 saturated heterocycles. The summed E-state index contributed by atoms with van der Waals surface area (Å²) in [6, 6.07) is 5.61. The molecule has 1 heterocycles. The van der Waals surface area contributed by atoms with Gasteiger partial charge in [-0.3, -0.25) is 4.79 Å². The van der Waals surface area contributed by atoms with Gasteiger partial charge >= 0.3 is 0 Å². The van der Waals surface area contributed by atoms with E-state index in [2.05, 4.69) is 6.58 Å². The Bertz CT molecular complexity index is 442. The zero-order chi connectivity index (χ0) is 12.3. The van der Waals surface area contributed by atoms with Gasteiger partial charge in [0, 0.05) is 12.1 Å². The molecule has 0 spiro atoms. The minimum atomic E-state index is -0.0794. The van der Waals surface area contributed by atoms with Crippen molar-refractivity contribution in [2.24, 2.45) is 0 Å².